The van der Waals surface area contributed by atoms with Crippen molar-refractivity contribution in [1.29, 1.82) is 0 Å². The van der Waals surface area contributed by atoms with Gasteiger partial charge < -0.3 is 4.84 Å². The van der Waals surface area contributed by atoms with Crippen molar-refractivity contribution in [2.75, 3.05) is 14.2 Å². The van der Waals surface area contributed by atoms with Gasteiger partial charge in [0, 0.05) is 14.0 Å². The van der Waals surface area contributed by atoms with Gasteiger partial charge in [-0.3, -0.25) is 14.8 Å². The van der Waals surface area contributed by atoms with Gasteiger partial charge in [0.1, 0.15) is 7.11 Å². The third-order valence-electron chi connectivity index (χ3n) is 2.79. The highest BCUT2D eigenvalue weighted by molar-refractivity contribution is 6.33. The fraction of sp³-hybridized carbons (Fsp3) is 0.600. The van der Waals surface area contributed by atoms with Gasteiger partial charge in [0.05, 0.1) is 11.4 Å². The molecular formula is C10H16N4O4. The molecule has 0 saturated heterocycles. The summed E-state index contributed by atoms with van der Waals surface area (Å²) in [6.07, 6.45) is 0. The molecule has 0 fully saturated rings. The van der Waals surface area contributed by atoms with E-state index in [1.807, 2.05) is 0 Å². The number of rotatable bonds is 3. The highest BCUT2D eigenvalue weighted by atomic mass is 16.6. The molecule has 0 aromatic rings. The molecule has 0 aliphatic carbocycles. The molecule has 100 valence electrons. The quantitative estimate of drug-likeness (QED) is 0.431. The van der Waals surface area contributed by atoms with Crippen molar-refractivity contribution in [1.82, 2.24) is 10.1 Å². The molecule has 1 aliphatic rings. The molecule has 2 amide bonds. The highest BCUT2D eigenvalue weighted by Crippen LogP contribution is 2.27. The summed E-state index contributed by atoms with van der Waals surface area (Å²) in [7, 11) is 2.74. The van der Waals surface area contributed by atoms with Gasteiger partial charge in [0.25, 0.3) is 5.91 Å². The van der Waals surface area contributed by atoms with Crippen molar-refractivity contribution in [2.45, 2.75) is 26.3 Å². The number of carbonyl (C=O) groups excluding carboxylic acids is 2. The summed E-state index contributed by atoms with van der Waals surface area (Å²) in [5, 5.41) is 18.9. The van der Waals surface area contributed by atoms with E-state index in [9.17, 15) is 14.8 Å². The van der Waals surface area contributed by atoms with Crippen molar-refractivity contribution >= 4 is 23.2 Å². The molecule has 1 aliphatic heterocycles. The minimum absolute atomic E-state index is 0.123. The molecule has 1 heterocycles. The van der Waals surface area contributed by atoms with Crippen LogP contribution in [0, 0.1) is 0 Å². The van der Waals surface area contributed by atoms with Gasteiger partial charge in [0.15, 0.2) is 0 Å². The van der Waals surface area contributed by atoms with Gasteiger partial charge >= 0.3 is 0 Å². The van der Waals surface area contributed by atoms with E-state index in [4.69, 9.17) is 0 Å². The number of carbonyl (C=O) groups is 2. The van der Waals surface area contributed by atoms with E-state index >= 15 is 0 Å². The highest BCUT2D eigenvalue weighted by Gasteiger charge is 2.57. The second-order valence-corrected chi connectivity index (χ2v) is 3.91. The maximum absolute atomic E-state index is 12.2. The Morgan fingerprint density at radius 1 is 1.56 bits per heavy atom. The van der Waals surface area contributed by atoms with Crippen molar-refractivity contribution in [2.24, 2.45) is 10.3 Å². The molecule has 1 atom stereocenters. The van der Waals surface area contributed by atoms with Gasteiger partial charge in [-0.15, -0.1) is 0 Å². The molecule has 1 rings (SSSR count). The lowest BCUT2D eigenvalue weighted by molar-refractivity contribution is -0.179. The molecule has 0 aromatic carbocycles. The second kappa shape index (κ2) is 4.73. The summed E-state index contributed by atoms with van der Waals surface area (Å²) >= 11 is 0. The Morgan fingerprint density at radius 3 is 2.44 bits per heavy atom. The van der Waals surface area contributed by atoms with Gasteiger partial charge in [-0.1, -0.05) is 5.16 Å². The summed E-state index contributed by atoms with van der Waals surface area (Å²) in [4.78, 5) is 28.2. The van der Waals surface area contributed by atoms with Crippen LogP contribution in [0.25, 0.3) is 0 Å². The summed E-state index contributed by atoms with van der Waals surface area (Å²) in [5.74, 6) is -1.27. The number of nitrogens with zero attached hydrogens (tertiary/aromatic N) is 4. The third-order valence-corrected chi connectivity index (χ3v) is 2.79. The van der Waals surface area contributed by atoms with Crippen molar-refractivity contribution in [3.63, 3.8) is 0 Å². The van der Waals surface area contributed by atoms with E-state index in [-0.39, 0.29) is 11.4 Å². The van der Waals surface area contributed by atoms with Crippen LogP contribution in [0.3, 0.4) is 0 Å². The maximum atomic E-state index is 12.2. The Morgan fingerprint density at radius 2 is 2.11 bits per heavy atom. The minimum atomic E-state index is -1.73. The van der Waals surface area contributed by atoms with Gasteiger partial charge in [0.2, 0.25) is 11.4 Å². The lowest BCUT2D eigenvalue weighted by Crippen LogP contribution is -2.63. The zero-order valence-electron chi connectivity index (χ0n) is 11.0. The van der Waals surface area contributed by atoms with Gasteiger partial charge in [-0.05, 0) is 13.8 Å². The van der Waals surface area contributed by atoms with E-state index < -0.39 is 17.4 Å². The van der Waals surface area contributed by atoms with Crippen LogP contribution >= 0.6 is 0 Å². The van der Waals surface area contributed by atoms with Crippen LogP contribution in [0.2, 0.25) is 0 Å². The van der Waals surface area contributed by atoms with Crippen molar-refractivity contribution in [3.05, 3.63) is 0 Å². The average molecular weight is 256 g/mol. The molecule has 8 heteroatoms. The molecule has 1 unspecified atom stereocenters. The third kappa shape index (κ3) is 1.74. The molecule has 18 heavy (non-hydrogen) atoms. The zero-order valence-corrected chi connectivity index (χ0v) is 11.0. The number of hydroxylamine groups is 2. The Balaban J connectivity index is 3.46. The first kappa shape index (κ1) is 14.1. The molecule has 8 nitrogen and oxygen atoms in total. The lowest BCUT2D eigenvalue weighted by atomic mass is 9.88. The first-order valence-electron chi connectivity index (χ1n) is 5.21. The van der Waals surface area contributed by atoms with Crippen LogP contribution in [-0.4, -0.2) is 58.2 Å². The SMILES string of the molecule is CON=C(C)C1(N(O)C(C)=O)C(=O)N(C)N=C1C. The largest absolute Gasteiger partial charge is 0.399 e. The fourth-order valence-corrected chi connectivity index (χ4v) is 1.98. The Hall–Kier alpha value is -1.96. The standard InChI is InChI=1S/C10H16N4O4/c1-6-10(7(2)12-18-5,14(17)8(3)15)9(16)13(4)11-6/h17H,1-5H3. The molecule has 0 bridgehead atoms. The monoisotopic (exact) mass is 256 g/mol. The fourth-order valence-electron chi connectivity index (χ4n) is 1.98. The van der Waals surface area contributed by atoms with E-state index in [0.717, 1.165) is 11.9 Å². The van der Waals surface area contributed by atoms with Crippen LogP contribution in [-0.2, 0) is 14.4 Å². The van der Waals surface area contributed by atoms with Crippen LogP contribution in [0.1, 0.15) is 20.8 Å². The molecular weight excluding hydrogens is 240 g/mol. The van der Waals surface area contributed by atoms with Crippen LogP contribution in [0.15, 0.2) is 10.3 Å². The summed E-state index contributed by atoms with van der Waals surface area (Å²) in [6, 6.07) is 0. The summed E-state index contributed by atoms with van der Waals surface area (Å²) < 4.78 is 0. The predicted molar refractivity (Wildman–Crippen MR) is 63.0 cm³/mol. The van der Waals surface area contributed by atoms with Crippen LogP contribution < -0.4 is 0 Å². The zero-order chi connectivity index (χ0) is 14.1. The predicted octanol–water partition coefficient (Wildman–Crippen LogP) is -0.167. The number of hydrogen-bond donors (Lipinski definition) is 1. The number of hydrogen-bond acceptors (Lipinski definition) is 6. The summed E-state index contributed by atoms with van der Waals surface area (Å²) in [6.45, 7) is 4.15. The molecule has 0 spiro atoms. The van der Waals surface area contributed by atoms with Crippen molar-refractivity contribution < 1.29 is 19.6 Å². The summed E-state index contributed by atoms with van der Waals surface area (Å²) in [5.41, 5.74) is -1.36. The smallest absolute Gasteiger partial charge is 0.282 e. The van der Waals surface area contributed by atoms with E-state index in [1.165, 1.54) is 28.0 Å². The van der Waals surface area contributed by atoms with Gasteiger partial charge in [-0.2, -0.15) is 10.2 Å². The topological polar surface area (TPSA) is 94.8 Å². The molecule has 0 saturated carbocycles. The number of oxime groups is 1. The second-order valence-electron chi connectivity index (χ2n) is 3.91. The van der Waals surface area contributed by atoms with Crippen LogP contribution in [0.5, 0.6) is 0 Å². The molecule has 1 N–H and O–H groups in total. The number of hydrazone groups is 1. The van der Waals surface area contributed by atoms with E-state index in [1.54, 1.807) is 0 Å². The van der Waals surface area contributed by atoms with Gasteiger partial charge in [-0.25, -0.2) is 5.01 Å². The Kier molecular flexibility index (Phi) is 3.70. The van der Waals surface area contributed by atoms with E-state index in [2.05, 4.69) is 15.1 Å². The molecule has 0 radical (unpaired) electrons. The lowest BCUT2D eigenvalue weighted by Gasteiger charge is -2.33. The Labute approximate surface area is 104 Å². The maximum Gasteiger partial charge on any atom is 0.282 e. The first-order valence-corrected chi connectivity index (χ1v) is 5.21. The first-order chi connectivity index (χ1) is 8.29. The average Bonchev–Trinajstić information content (AvgIpc) is 2.50. The molecule has 0 aromatic heterocycles. The Bertz CT molecular complexity index is 445. The minimum Gasteiger partial charge on any atom is -0.399 e. The normalized spacial score (nSPS) is 24.1. The van der Waals surface area contributed by atoms with Crippen molar-refractivity contribution in [3.8, 4) is 0 Å². The van der Waals surface area contributed by atoms with Crippen LogP contribution in [0.4, 0.5) is 0 Å². The van der Waals surface area contributed by atoms with E-state index in [0.29, 0.717) is 5.06 Å². The number of amides is 2. The number of likely N-dealkylation sites (N-methyl/N-ethyl adjacent to an activating group) is 1.